The summed E-state index contributed by atoms with van der Waals surface area (Å²) in [6, 6.07) is 8.81. The van der Waals surface area contributed by atoms with Crippen molar-refractivity contribution in [3.05, 3.63) is 29.8 Å². The largest absolute Gasteiger partial charge is 0.325 e. The molecular weight excluding hydrogens is 310 g/mol. The molecule has 2 aliphatic heterocycles. The van der Waals surface area contributed by atoms with Crippen LogP contribution in [-0.2, 0) is 10.2 Å². The molecule has 2 aliphatic rings. The van der Waals surface area contributed by atoms with E-state index in [9.17, 15) is 4.79 Å². The van der Waals surface area contributed by atoms with Crippen molar-refractivity contribution in [3.63, 3.8) is 0 Å². The van der Waals surface area contributed by atoms with Crippen LogP contribution in [0, 0.1) is 0 Å². The monoisotopic (exact) mass is 343 g/mol. The third kappa shape index (κ3) is 4.83. The summed E-state index contributed by atoms with van der Waals surface area (Å²) in [5.41, 5.74) is 2.17. The molecule has 0 aliphatic carbocycles. The summed E-state index contributed by atoms with van der Waals surface area (Å²) in [4.78, 5) is 17.6. The number of amides is 1. The minimum absolute atomic E-state index is 0.0237. The molecule has 0 saturated carbocycles. The predicted molar refractivity (Wildman–Crippen MR) is 104 cm³/mol. The highest BCUT2D eigenvalue weighted by molar-refractivity contribution is 5.93. The molecule has 1 amide bonds. The maximum Gasteiger partial charge on any atom is 0.238 e. The second kappa shape index (κ2) is 7.88. The van der Waals surface area contributed by atoms with E-state index < -0.39 is 0 Å². The average Bonchev–Trinajstić information content (AvgIpc) is 3.09. The highest BCUT2D eigenvalue weighted by Crippen LogP contribution is 2.29. The van der Waals surface area contributed by atoms with Gasteiger partial charge in [0.15, 0.2) is 0 Å². The van der Waals surface area contributed by atoms with Gasteiger partial charge in [-0.3, -0.25) is 14.6 Å². The molecule has 1 aromatic carbocycles. The lowest BCUT2D eigenvalue weighted by Crippen LogP contribution is -2.48. The van der Waals surface area contributed by atoms with Gasteiger partial charge in [-0.2, -0.15) is 0 Å². The maximum atomic E-state index is 12.6. The summed E-state index contributed by atoms with van der Waals surface area (Å²) >= 11 is 0. The summed E-state index contributed by atoms with van der Waals surface area (Å²) in [5.74, 6) is 0.110. The standard InChI is InChI=1S/C21H33N3O/c1-21(2,3)18-10-4-5-11-19(18)22-20(25)16-23-12-8-9-17(15-23)24-13-6-7-14-24/h4-5,10-11,17H,6-9,12-16H2,1-3H3,(H,22,25)/t17-/m1/s1. The van der Waals surface area contributed by atoms with Crippen LogP contribution < -0.4 is 5.32 Å². The summed E-state index contributed by atoms with van der Waals surface area (Å²) < 4.78 is 0. The average molecular weight is 344 g/mol. The van der Waals surface area contributed by atoms with Crippen LogP contribution in [0.25, 0.3) is 0 Å². The number of carbonyl (C=O) groups is 1. The molecule has 0 spiro atoms. The molecule has 25 heavy (non-hydrogen) atoms. The molecule has 2 saturated heterocycles. The Morgan fingerprint density at radius 1 is 1.12 bits per heavy atom. The van der Waals surface area contributed by atoms with Gasteiger partial charge in [0.1, 0.15) is 0 Å². The van der Waals surface area contributed by atoms with Crippen LogP contribution in [0.2, 0.25) is 0 Å². The number of likely N-dealkylation sites (tertiary alicyclic amines) is 2. The minimum Gasteiger partial charge on any atom is -0.325 e. The Morgan fingerprint density at radius 2 is 1.84 bits per heavy atom. The SMILES string of the molecule is CC(C)(C)c1ccccc1NC(=O)CN1CCC[C@@H](N2CCCC2)C1. The normalized spacial score (nSPS) is 22.9. The summed E-state index contributed by atoms with van der Waals surface area (Å²) in [6.45, 7) is 11.6. The van der Waals surface area contributed by atoms with E-state index in [1.54, 1.807) is 0 Å². The molecular formula is C21H33N3O. The lowest BCUT2D eigenvalue weighted by Gasteiger charge is -2.37. The van der Waals surface area contributed by atoms with Gasteiger partial charge in [0, 0.05) is 18.3 Å². The number of hydrogen-bond acceptors (Lipinski definition) is 3. The van der Waals surface area contributed by atoms with Gasteiger partial charge in [-0.05, 0) is 62.4 Å². The van der Waals surface area contributed by atoms with Gasteiger partial charge in [0.2, 0.25) is 5.91 Å². The number of carbonyl (C=O) groups excluding carboxylic acids is 1. The van der Waals surface area contributed by atoms with E-state index in [0.29, 0.717) is 12.6 Å². The van der Waals surface area contributed by atoms with Crippen LogP contribution in [0.5, 0.6) is 0 Å². The lowest BCUT2D eigenvalue weighted by atomic mass is 9.86. The van der Waals surface area contributed by atoms with Gasteiger partial charge in [-0.25, -0.2) is 0 Å². The first kappa shape index (κ1) is 18.4. The van der Waals surface area contributed by atoms with Crippen molar-refractivity contribution in [2.45, 2.75) is 57.9 Å². The van der Waals surface area contributed by atoms with Crippen molar-refractivity contribution in [2.75, 3.05) is 38.0 Å². The van der Waals surface area contributed by atoms with Crippen LogP contribution in [-0.4, -0.2) is 54.5 Å². The Labute approximate surface area is 152 Å². The zero-order valence-electron chi connectivity index (χ0n) is 16.1. The van der Waals surface area contributed by atoms with E-state index >= 15 is 0 Å². The first-order valence-electron chi connectivity index (χ1n) is 9.79. The number of para-hydroxylation sites is 1. The van der Waals surface area contributed by atoms with E-state index in [2.05, 4.69) is 42.0 Å². The highest BCUT2D eigenvalue weighted by atomic mass is 16.2. The summed E-state index contributed by atoms with van der Waals surface area (Å²) in [7, 11) is 0. The van der Waals surface area contributed by atoms with Crippen LogP contribution in [0.1, 0.15) is 52.0 Å². The molecule has 2 fully saturated rings. The fraction of sp³-hybridized carbons (Fsp3) is 0.667. The Balaban J connectivity index is 1.57. The van der Waals surface area contributed by atoms with Crippen molar-refractivity contribution < 1.29 is 4.79 Å². The molecule has 4 heteroatoms. The fourth-order valence-corrected chi connectivity index (χ4v) is 4.22. The molecule has 0 unspecified atom stereocenters. The second-order valence-corrected chi connectivity index (χ2v) is 8.62. The third-order valence-electron chi connectivity index (χ3n) is 5.51. The van der Waals surface area contributed by atoms with Gasteiger partial charge in [-0.1, -0.05) is 39.0 Å². The molecule has 3 rings (SSSR count). The van der Waals surface area contributed by atoms with Crippen LogP contribution in [0.3, 0.4) is 0 Å². The molecule has 0 bridgehead atoms. The van der Waals surface area contributed by atoms with Crippen LogP contribution in [0.4, 0.5) is 5.69 Å². The highest BCUT2D eigenvalue weighted by Gasteiger charge is 2.28. The van der Waals surface area contributed by atoms with Crippen molar-refractivity contribution in [3.8, 4) is 0 Å². The molecule has 2 heterocycles. The molecule has 0 radical (unpaired) electrons. The van der Waals surface area contributed by atoms with Gasteiger partial charge >= 0.3 is 0 Å². The van der Waals surface area contributed by atoms with E-state index in [4.69, 9.17) is 0 Å². The number of benzene rings is 1. The zero-order valence-corrected chi connectivity index (χ0v) is 16.1. The molecule has 1 atom stereocenters. The van der Waals surface area contributed by atoms with Gasteiger partial charge in [0.05, 0.1) is 6.54 Å². The first-order valence-corrected chi connectivity index (χ1v) is 9.79. The van der Waals surface area contributed by atoms with E-state index in [0.717, 1.165) is 18.8 Å². The zero-order chi connectivity index (χ0) is 17.9. The number of nitrogens with zero attached hydrogens (tertiary/aromatic N) is 2. The fourth-order valence-electron chi connectivity index (χ4n) is 4.22. The lowest BCUT2D eigenvalue weighted by molar-refractivity contribution is -0.117. The Bertz CT molecular complexity index is 587. The van der Waals surface area contributed by atoms with Gasteiger partial charge in [-0.15, -0.1) is 0 Å². The molecule has 1 aromatic rings. The number of nitrogens with one attached hydrogen (secondary N) is 1. The third-order valence-corrected chi connectivity index (χ3v) is 5.51. The van der Waals surface area contributed by atoms with E-state index in [-0.39, 0.29) is 11.3 Å². The number of hydrogen-bond donors (Lipinski definition) is 1. The maximum absolute atomic E-state index is 12.6. The van der Waals surface area contributed by atoms with Crippen LogP contribution in [0.15, 0.2) is 24.3 Å². The number of rotatable bonds is 4. The van der Waals surface area contributed by atoms with E-state index in [1.165, 1.54) is 44.3 Å². The molecule has 138 valence electrons. The van der Waals surface area contributed by atoms with Crippen molar-refractivity contribution in [1.29, 1.82) is 0 Å². The number of anilines is 1. The van der Waals surface area contributed by atoms with Crippen molar-refractivity contribution in [2.24, 2.45) is 0 Å². The first-order chi connectivity index (χ1) is 11.9. The quantitative estimate of drug-likeness (QED) is 0.909. The van der Waals surface area contributed by atoms with Crippen molar-refractivity contribution >= 4 is 11.6 Å². The molecule has 1 N–H and O–H groups in total. The second-order valence-electron chi connectivity index (χ2n) is 8.62. The van der Waals surface area contributed by atoms with Crippen LogP contribution >= 0.6 is 0 Å². The smallest absolute Gasteiger partial charge is 0.238 e. The Kier molecular flexibility index (Phi) is 5.80. The molecule has 0 aromatic heterocycles. The minimum atomic E-state index is 0.0237. The Hall–Kier alpha value is -1.39. The summed E-state index contributed by atoms with van der Waals surface area (Å²) in [5, 5.41) is 3.15. The Morgan fingerprint density at radius 3 is 2.56 bits per heavy atom. The topological polar surface area (TPSA) is 35.6 Å². The summed E-state index contributed by atoms with van der Waals surface area (Å²) in [6.07, 6.45) is 5.15. The number of piperidine rings is 1. The van der Waals surface area contributed by atoms with Crippen molar-refractivity contribution in [1.82, 2.24) is 9.80 Å². The molecule has 4 nitrogen and oxygen atoms in total. The predicted octanol–water partition coefficient (Wildman–Crippen LogP) is 3.48. The van der Waals surface area contributed by atoms with E-state index in [1.807, 2.05) is 18.2 Å². The van der Waals surface area contributed by atoms with Gasteiger partial charge in [0.25, 0.3) is 0 Å². The van der Waals surface area contributed by atoms with Gasteiger partial charge < -0.3 is 5.32 Å².